The maximum atomic E-state index is 3.88. The van der Waals surface area contributed by atoms with E-state index in [1.165, 1.54) is 96.4 Å². The zero-order valence-electron chi connectivity index (χ0n) is 14.3. The quantitative estimate of drug-likeness (QED) is 0.428. The average Bonchev–Trinajstić information content (AvgIpc) is 2.48. The lowest BCUT2D eigenvalue weighted by atomic mass is 9.87. The van der Waals surface area contributed by atoms with Crippen LogP contribution in [0.1, 0.15) is 104 Å². The van der Waals surface area contributed by atoms with E-state index in [4.69, 9.17) is 0 Å². The molecular weight excluding hydrogens is 242 g/mol. The molecular formula is C19H39N. The minimum absolute atomic E-state index is 0.802. The van der Waals surface area contributed by atoms with Gasteiger partial charge in [-0.05, 0) is 31.7 Å². The minimum atomic E-state index is 0.802. The van der Waals surface area contributed by atoms with Crippen LogP contribution in [0.5, 0.6) is 0 Å². The fourth-order valence-electron chi connectivity index (χ4n) is 3.60. The number of nitrogens with one attached hydrogen (secondary N) is 1. The van der Waals surface area contributed by atoms with E-state index in [1.54, 1.807) is 0 Å². The number of hydrogen-bond donors (Lipinski definition) is 1. The van der Waals surface area contributed by atoms with Gasteiger partial charge in [0.25, 0.3) is 0 Å². The number of rotatable bonds is 12. The third kappa shape index (κ3) is 9.00. The zero-order valence-corrected chi connectivity index (χ0v) is 14.3. The monoisotopic (exact) mass is 281 g/mol. The molecule has 1 heteroatoms. The Labute approximate surface area is 128 Å². The topological polar surface area (TPSA) is 12.0 Å². The van der Waals surface area contributed by atoms with Crippen LogP contribution in [0.2, 0.25) is 0 Å². The molecule has 0 aliphatic heterocycles. The van der Waals surface area contributed by atoms with E-state index in [1.807, 2.05) is 0 Å². The fourth-order valence-corrected chi connectivity index (χ4v) is 3.60. The second-order valence-corrected chi connectivity index (χ2v) is 6.94. The Balaban J connectivity index is 2.12. The van der Waals surface area contributed by atoms with Gasteiger partial charge < -0.3 is 5.32 Å². The van der Waals surface area contributed by atoms with Crippen LogP contribution in [0.15, 0.2) is 0 Å². The van der Waals surface area contributed by atoms with Gasteiger partial charge in [-0.1, -0.05) is 84.5 Å². The summed E-state index contributed by atoms with van der Waals surface area (Å²) < 4.78 is 0. The largest absolute Gasteiger partial charge is 0.314 e. The SMILES string of the molecule is CCCCCC(CCCCC)NCCC1CCCCC1. The first-order chi connectivity index (χ1) is 9.86. The first kappa shape index (κ1) is 18.0. The molecule has 0 aromatic rings. The van der Waals surface area contributed by atoms with Crippen molar-refractivity contribution in [1.82, 2.24) is 5.32 Å². The van der Waals surface area contributed by atoms with Crippen molar-refractivity contribution < 1.29 is 0 Å². The van der Waals surface area contributed by atoms with Crippen LogP contribution in [-0.2, 0) is 0 Å². The van der Waals surface area contributed by atoms with Crippen LogP contribution >= 0.6 is 0 Å². The van der Waals surface area contributed by atoms with Gasteiger partial charge in [0.15, 0.2) is 0 Å². The maximum Gasteiger partial charge on any atom is 0.00670 e. The summed E-state index contributed by atoms with van der Waals surface area (Å²) in [7, 11) is 0. The summed E-state index contributed by atoms with van der Waals surface area (Å²) in [6.45, 7) is 5.89. The van der Waals surface area contributed by atoms with Crippen LogP contribution < -0.4 is 5.32 Å². The molecule has 1 rings (SSSR count). The van der Waals surface area contributed by atoms with E-state index in [9.17, 15) is 0 Å². The highest BCUT2D eigenvalue weighted by Gasteiger charge is 2.14. The first-order valence-electron chi connectivity index (χ1n) is 9.60. The summed E-state index contributed by atoms with van der Waals surface area (Å²) in [6.07, 6.45) is 20.1. The molecule has 1 nitrogen and oxygen atoms in total. The molecule has 20 heavy (non-hydrogen) atoms. The normalized spacial score (nSPS) is 16.9. The van der Waals surface area contributed by atoms with Crippen molar-refractivity contribution in [2.45, 2.75) is 110 Å². The van der Waals surface area contributed by atoms with E-state index in [-0.39, 0.29) is 0 Å². The number of unbranched alkanes of at least 4 members (excludes halogenated alkanes) is 4. The van der Waals surface area contributed by atoms with Crippen molar-refractivity contribution in [1.29, 1.82) is 0 Å². The van der Waals surface area contributed by atoms with Crippen LogP contribution in [-0.4, -0.2) is 12.6 Å². The molecule has 1 N–H and O–H groups in total. The molecule has 0 saturated heterocycles. The lowest BCUT2D eigenvalue weighted by Gasteiger charge is -2.24. The summed E-state index contributed by atoms with van der Waals surface area (Å²) in [4.78, 5) is 0. The third-order valence-electron chi connectivity index (χ3n) is 5.02. The molecule has 0 aromatic carbocycles. The van der Waals surface area contributed by atoms with E-state index < -0.39 is 0 Å². The average molecular weight is 282 g/mol. The fraction of sp³-hybridized carbons (Fsp3) is 1.00. The first-order valence-corrected chi connectivity index (χ1v) is 9.60. The van der Waals surface area contributed by atoms with Crippen LogP contribution in [0.3, 0.4) is 0 Å². The Morgan fingerprint density at radius 1 is 0.850 bits per heavy atom. The molecule has 0 amide bonds. The Hall–Kier alpha value is -0.0400. The Morgan fingerprint density at radius 3 is 2.00 bits per heavy atom. The van der Waals surface area contributed by atoms with Gasteiger partial charge in [0.2, 0.25) is 0 Å². The highest BCUT2D eigenvalue weighted by molar-refractivity contribution is 4.71. The predicted octanol–water partition coefficient (Wildman–Crippen LogP) is 6.08. The van der Waals surface area contributed by atoms with Crippen molar-refractivity contribution in [2.75, 3.05) is 6.54 Å². The highest BCUT2D eigenvalue weighted by Crippen LogP contribution is 2.25. The maximum absolute atomic E-state index is 3.88. The van der Waals surface area contributed by atoms with Gasteiger partial charge in [-0.2, -0.15) is 0 Å². The molecule has 0 radical (unpaired) electrons. The second kappa shape index (κ2) is 12.7. The Morgan fingerprint density at radius 2 is 1.45 bits per heavy atom. The number of hydrogen-bond acceptors (Lipinski definition) is 1. The molecule has 1 aliphatic rings. The van der Waals surface area contributed by atoms with Crippen molar-refractivity contribution in [3.05, 3.63) is 0 Å². The van der Waals surface area contributed by atoms with Crippen molar-refractivity contribution >= 4 is 0 Å². The highest BCUT2D eigenvalue weighted by atomic mass is 14.9. The summed E-state index contributed by atoms with van der Waals surface area (Å²) in [5, 5.41) is 3.88. The van der Waals surface area contributed by atoms with Crippen LogP contribution in [0.4, 0.5) is 0 Å². The summed E-state index contributed by atoms with van der Waals surface area (Å²) >= 11 is 0. The zero-order chi connectivity index (χ0) is 14.5. The van der Waals surface area contributed by atoms with Gasteiger partial charge in [0.1, 0.15) is 0 Å². The summed E-state index contributed by atoms with van der Waals surface area (Å²) in [6, 6.07) is 0.802. The second-order valence-electron chi connectivity index (χ2n) is 6.94. The Kier molecular flexibility index (Phi) is 11.4. The predicted molar refractivity (Wildman–Crippen MR) is 91.3 cm³/mol. The van der Waals surface area contributed by atoms with Gasteiger partial charge in [0.05, 0.1) is 0 Å². The minimum Gasteiger partial charge on any atom is -0.314 e. The molecule has 1 fully saturated rings. The van der Waals surface area contributed by atoms with E-state index in [0.29, 0.717) is 0 Å². The van der Waals surface area contributed by atoms with E-state index in [0.717, 1.165) is 12.0 Å². The molecule has 0 heterocycles. The molecule has 0 spiro atoms. The summed E-state index contributed by atoms with van der Waals surface area (Å²) in [5.41, 5.74) is 0. The Bertz CT molecular complexity index is 186. The smallest absolute Gasteiger partial charge is 0.00670 e. The van der Waals surface area contributed by atoms with E-state index in [2.05, 4.69) is 19.2 Å². The molecule has 120 valence electrons. The van der Waals surface area contributed by atoms with Crippen molar-refractivity contribution in [3.8, 4) is 0 Å². The third-order valence-corrected chi connectivity index (χ3v) is 5.02. The van der Waals surface area contributed by atoms with Crippen LogP contribution in [0.25, 0.3) is 0 Å². The molecule has 0 aromatic heterocycles. The molecule has 1 aliphatic carbocycles. The van der Waals surface area contributed by atoms with Gasteiger partial charge in [-0.25, -0.2) is 0 Å². The van der Waals surface area contributed by atoms with E-state index >= 15 is 0 Å². The van der Waals surface area contributed by atoms with Gasteiger partial charge >= 0.3 is 0 Å². The van der Waals surface area contributed by atoms with Gasteiger partial charge in [0, 0.05) is 6.04 Å². The van der Waals surface area contributed by atoms with Gasteiger partial charge in [-0.15, -0.1) is 0 Å². The van der Waals surface area contributed by atoms with Gasteiger partial charge in [-0.3, -0.25) is 0 Å². The molecule has 0 bridgehead atoms. The lowest BCUT2D eigenvalue weighted by molar-refractivity contribution is 0.320. The molecule has 1 saturated carbocycles. The molecule has 0 atom stereocenters. The standard InChI is InChI=1S/C19H39N/c1-3-5-8-14-19(15-9-6-4-2)20-17-16-18-12-10-7-11-13-18/h18-20H,3-17H2,1-2H3. The van der Waals surface area contributed by atoms with Crippen molar-refractivity contribution in [2.24, 2.45) is 5.92 Å². The summed E-state index contributed by atoms with van der Waals surface area (Å²) in [5.74, 6) is 1.03. The van der Waals surface area contributed by atoms with Crippen molar-refractivity contribution in [3.63, 3.8) is 0 Å². The molecule has 0 unspecified atom stereocenters. The lowest BCUT2D eigenvalue weighted by Crippen LogP contribution is -2.31. The van der Waals surface area contributed by atoms with Crippen LogP contribution in [0, 0.1) is 5.92 Å².